The Hall–Kier alpha value is 0. The van der Waals surface area contributed by atoms with Crippen LogP contribution < -0.4 is 0 Å². The number of rotatable bonds is 2. The Morgan fingerprint density at radius 3 is 1.23 bits per heavy atom. The lowest BCUT2D eigenvalue weighted by Gasteiger charge is -2.34. The van der Waals surface area contributed by atoms with Crippen LogP contribution in [0.25, 0.3) is 0 Å². The molecular weight excluding hydrogens is 156 g/mol. The average molecular weight is 178 g/mol. The van der Waals surface area contributed by atoms with E-state index in [9.17, 15) is 0 Å². The van der Waals surface area contributed by atoms with Crippen molar-refractivity contribution in [3.8, 4) is 0 Å². The van der Waals surface area contributed by atoms with Crippen LogP contribution in [0.3, 0.4) is 0 Å². The van der Waals surface area contributed by atoms with Crippen LogP contribution in [-0.2, 0) is 0 Å². The lowest BCUT2D eigenvalue weighted by molar-refractivity contribution is 0.172. The van der Waals surface area contributed by atoms with E-state index >= 15 is 0 Å². The minimum absolute atomic E-state index is 1.17. The highest BCUT2D eigenvalue weighted by Gasteiger charge is 2.38. The van der Waals surface area contributed by atoms with Gasteiger partial charge in [0.25, 0.3) is 0 Å². The molecule has 0 aromatic heterocycles. The first-order valence-corrected chi connectivity index (χ1v) is 6.43. The minimum Gasteiger partial charge on any atom is -0.0528 e. The van der Waals surface area contributed by atoms with Crippen molar-refractivity contribution in [2.75, 3.05) is 0 Å². The molecule has 0 nitrogen and oxygen atoms in total. The Labute approximate surface area is 82.1 Å². The normalized spacial score (nSPS) is 41.5. The fourth-order valence-corrected chi connectivity index (χ4v) is 3.73. The molecule has 0 amide bonds. The predicted molar refractivity (Wildman–Crippen MR) is 55.5 cm³/mol. The van der Waals surface area contributed by atoms with Crippen LogP contribution in [0.2, 0.25) is 0 Å². The minimum atomic E-state index is 1.17. The van der Waals surface area contributed by atoms with E-state index in [-0.39, 0.29) is 0 Å². The van der Waals surface area contributed by atoms with Gasteiger partial charge in [0.1, 0.15) is 0 Å². The van der Waals surface area contributed by atoms with Crippen LogP contribution in [-0.4, -0.2) is 0 Å². The highest BCUT2D eigenvalue weighted by molar-refractivity contribution is 4.89. The largest absolute Gasteiger partial charge is 0.0528 e. The predicted octanol–water partition coefficient (Wildman–Crippen LogP) is 4.00. The molecule has 3 aliphatic carbocycles. The molecule has 0 N–H and O–H groups in total. The van der Waals surface area contributed by atoms with Crippen molar-refractivity contribution in [1.82, 2.24) is 0 Å². The molecule has 0 heteroatoms. The third-order valence-electron chi connectivity index (χ3n) is 5.15. The third kappa shape index (κ3) is 1.43. The first-order valence-electron chi connectivity index (χ1n) is 6.43. The first kappa shape index (κ1) is 8.32. The van der Waals surface area contributed by atoms with Crippen LogP contribution in [0.1, 0.15) is 57.8 Å². The van der Waals surface area contributed by atoms with Crippen molar-refractivity contribution in [2.24, 2.45) is 23.7 Å². The van der Waals surface area contributed by atoms with E-state index in [1.165, 1.54) is 36.5 Å². The van der Waals surface area contributed by atoms with Gasteiger partial charge in [-0.1, -0.05) is 38.5 Å². The maximum absolute atomic E-state index is 1.62. The molecule has 0 heterocycles. The molecule has 0 aromatic rings. The molecule has 1 unspecified atom stereocenters. The van der Waals surface area contributed by atoms with E-state index in [0.717, 1.165) is 0 Å². The Bertz CT molecular complexity index is 156. The zero-order chi connectivity index (χ0) is 8.67. The second-order valence-electron chi connectivity index (χ2n) is 5.72. The molecule has 3 saturated carbocycles. The SMILES string of the molecule is C1CC(C2CC[C@@H](C3CCC3)C2)C1. The fraction of sp³-hybridized carbons (Fsp3) is 1.00. The van der Waals surface area contributed by atoms with Crippen LogP contribution in [0, 0.1) is 23.7 Å². The quantitative estimate of drug-likeness (QED) is 0.599. The van der Waals surface area contributed by atoms with E-state index in [1.807, 2.05) is 0 Å². The van der Waals surface area contributed by atoms with Crippen LogP contribution in [0.15, 0.2) is 0 Å². The highest BCUT2D eigenvalue weighted by Crippen LogP contribution is 2.49. The molecule has 0 radical (unpaired) electrons. The lowest BCUT2D eigenvalue weighted by atomic mass is 9.72. The van der Waals surface area contributed by atoms with Crippen LogP contribution in [0.4, 0.5) is 0 Å². The molecule has 13 heavy (non-hydrogen) atoms. The van der Waals surface area contributed by atoms with Crippen molar-refractivity contribution in [3.05, 3.63) is 0 Å². The van der Waals surface area contributed by atoms with Gasteiger partial charge < -0.3 is 0 Å². The topological polar surface area (TPSA) is 0 Å². The van der Waals surface area contributed by atoms with Gasteiger partial charge in [-0.3, -0.25) is 0 Å². The zero-order valence-electron chi connectivity index (χ0n) is 8.67. The fourth-order valence-electron chi connectivity index (χ4n) is 3.73. The van der Waals surface area contributed by atoms with E-state index in [0.29, 0.717) is 0 Å². The van der Waals surface area contributed by atoms with Gasteiger partial charge >= 0.3 is 0 Å². The van der Waals surface area contributed by atoms with Crippen molar-refractivity contribution in [3.63, 3.8) is 0 Å². The van der Waals surface area contributed by atoms with Crippen molar-refractivity contribution >= 4 is 0 Å². The maximum atomic E-state index is 1.62. The van der Waals surface area contributed by atoms with Gasteiger partial charge in [-0.15, -0.1) is 0 Å². The summed E-state index contributed by atoms with van der Waals surface area (Å²) in [7, 11) is 0. The molecule has 0 aliphatic heterocycles. The summed E-state index contributed by atoms with van der Waals surface area (Å²) < 4.78 is 0. The van der Waals surface area contributed by atoms with E-state index in [1.54, 1.807) is 44.9 Å². The van der Waals surface area contributed by atoms with Gasteiger partial charge in [0.15, 0.2) is 0 Å². The summed E-state index contributed by atoms with van der Waals surface area (Å²) in [4.78, 5) is 0. The Morgan fingerprint density at radius 1 is 0.462 bits per heavy atom. The monoisotopic (exact) mass is 178 g/mol. The smallest absolute Gasteiger partial charge is 0.0383 e. The Kier molecular flexibility index (Phi) is 2.11. The zero-order valence-corrected chi connectivity index (χ0v) is 8.67. The molecule has 3 rings (SSSR count). The maximum Gasteiger partial charge on any atom is -0.0383 e. The van der Waals surface area contributed by atoms with Gasteiger partial charge in [0.2, 0.25) is 0 Å². The van der Waals surface area contributed by atoms with Crippen LogP contribution in [0.5, 0.6) is 0 Å². The molecule has 0 aromatic carbocycles. The second kappa shape index (κ2) is 3.29. The van der Waals surface area contributed by atoms with E-state index < -0.39 is 0 Å². The summed E-state index contributed by atoms with van der Waals surface area (Å²) in [5, 5.41) is 0. The standard InChI is InChI=1S/C13H22/c1-3-10(4-1)12-7-8-13(9-12)11-5-2-6-11/h10-13H,1-9H2/t12-,13?/m1/s1. The first-order chi connectivity index (χ1) is 6.43. The number of hydrogen-bond donors (Lipinski definition) is 0. The third-order valence-corrected chi connectivity index (χ3v) is 5.15. The summed E-state index contributed by atoms with van der Waals surface area (Å²) >= 11 is 0. The van der Waals surface area contributed by atoms with Crippen LogP contribution >= 0.6 is 0 Å². The molecular formula is C13H22. The van der Waals surface area contributed by atoms with Crippen molar-refractivity contribution in [2.45, 2.75) is 57.8 Å². The van der Waals surface area contributed by atoms with Crippen molar-refractivity contribution in [1.29, 1.82) is 0 Å². The van der Waals surface area contributed by atoms with Gasteiger partial charge in [0.05, 0.1) is 0 Å². The molecule has 74 valence electrons. The second-order valence-corrected chi connectivity index (χ2v) is 5.72. The van der Waals surface area contributed by atoms with Gasteiger partial charge in [-0.2, -0.15) is 0 Å². The van der Waals surface area contributed by atoms with Gasteiger partial charge in [0, 0.05) is 0 Å². The molecule has 3 fully saturated rings. The summed E-state index contributed by atoms with van der Waals surface area (Å²) in [5.74, 6) is 4.67. The van der Waals surface area contributed by atoms with Crippen molar-refractivity contribution < 1.29 is 0 Å². The van der Waals surface area contributed by atoms with Gasteiger partial charge in [-0.05, 0) is 42.9 Å². The van der Waals surface area contributed by atoms with E-state index in [2.05, 4.69) is 0 Å². The highest BCUT2D eigenvalue weighted by atomic mass is 14.4. The summed E-state index contributed by atoms with van der Waals surface area (Å²) in [6, 6.07) is 0. The summed E-state index contributed by atoms with van der Waals surface area (Å²) in [5.41, 5.74) is 0. The Balaban J connectivity index is 1.52. The Morgan fingerprint density at radius 2 is 0.923 bits per heavy atom. The summed E-state index contributed by atoms with van der Waals surface area (Å²) in [6.45, 7) is 0. The molecule has 2 atom stereocenters. The molecule has 0 bridgehead atoms. The molecule has 3 aliphatic rings. The number of hydrogen-bond acceptors (Lipinski definition) is 0. The lowest BCUT2D eigenvalue weighted by Crippen LogP contribution is -2.23. The summed E-state index contributed by atoms with van der Waals surface area (Å²) in [6.07, 6.45) is 14.2. The van der Waals surface area contributed by atoms with Gasteiger partial charge in [-0.25, -0.2) is 0 Å². The molecule has 0 saturated heterocycles. The van der Waals surface area contributed by atoms with E-state index in [4.69, 9.17) is 0 Å². The average Bonchev–Trinajstić information content (AvgIpc) is 2.29. The molecule has 0 spiro atoms.